The number of hydrogen-bond donors (Lipinski definition) is 0. The molecule has 0 amide bonds. The third-order valence-electron chi connectivity index (χ3n) is 2.14. The Morgan fingerprint density at radius 3 is 1.93 bits per heavy atom. The molecule has 0 fully saturated rings. The van der Waals surface area contributed by atoms with E-state index in [2.05, 4.69) is 0 Å². The summed E-state index contributed by atoms with van der Waals surface area (Å²) in [5.74, 6) is -1.23. The Labute approximate surface area is 85.9 Å². The van der Waals surface area contributed by atoms with Crippen LogP contribution in [0.2, 0.25) is 0 Å². The van der Waals surface area contributed by atoms with Crippen molar-refractivity contribution >= 4 is 0 Å². The Bertz CT molecular complexity index is 358. The first-order valence-corrected chi connectivity index (χ1v) is 4.49. The van der Waals surface area contributed by atoms with Gasteiger partial charge in [-0.15, -0.1) is 0 Å². The summed E-state index contributed by atoms with van der Waals surface area (Å²) in [6, 6.07) is 3.11. The summed E-state index contributed by atoms with van der Waals surface area (Å²) in [6.07, 6.45) is -4.63. The molecule has 0 aliphatic carbocycles. The Kier molecular flexibility index (Phi) is 2.81. The number of halogens is 4. The van der Waals surface area contributed by atoms with Gasteiger partial charge in [0.05, 0.1) is 5.56 Å². The van der Waals surface area contributed by atoms with Gasteiger partial charge in [-0.25, -0.2) is 4.39 Å². The number of benzene rings is 1. The Morgan fingerprint density at radius 1 is 1.00 bits per heavy atom. The fraction of sp³-hybridized carbons (Fsp3) is 0.455. The maximum Gasteiger partial charge on any atom is 0.419 e. The van der Waals surface area contributed by atoms with Gasteiger partial charge in [0.2, 0.25) is 0 Å². The summed E-state index contributed by atoms with van der Waals surface area (Å²) < 4.78 is 50.1. The van der Waals surface area contributed by atoms with Crippen molar-refractivity contribution in [1.82, 2.24) is 0 Å². The van der Waals surface area contributed by atoms with E-state index in [4.69, 9.17) is 0 Å². The van der Waals surface area contributed by atoms with Crippen molar-refractivity contribution in [2.45, 2.75) is 32.4 Å². The lowest BCUT2D eigenvalue weighted by molar-refractivity contribution is -0.140. The summed E-state index contributed by atoms with van der Waals surface area (Å²) >= 11 is 0. The van der Waals surface area contributed by atoms with Crippen LogP contribution >= 0.6 is 0 Å². The largest absolute Gasteiger partial charge is 0.419 e. The smallest absolute Gasteiger partial charge is 0.206 e. The molecule has 0 nitrogen and oxygen atoms in total. The van der Waals surface area contributed by atoms with Crippen LogP contribution in [-0.2, 0) is 11.6 Å². The van der Waals surface area contributed by atoms with Gasteiger partial charge >= 0.3 is 6.18 Å². The van der Waals surface area contributed by atoms with Crippen LogP contribution in [0.1, 0.15) is 31.9 Å². The van der Waals surface area contributed by atoms with Crippen LogP contribution in [0.3, 0.4) is 0 Å². The molecule has 84 valence electrons. The third-order valence-corrected chi connectivity index (χ3v) is 2.14. The van der Waals surface area contributed by atoms with Crippen LogP contribution in [0, 0.1) is 5.82 Å². The quantitative estimate of drug-likeness (QED) is 0.576. The van der Waals surface area contributed by atoms with Crippen molar-refractivity contribution < 1.29 is 17.6 Å². The maximum atomic E-state index is 12.9. The van der Waals surface area contributed by atoms with Crippen molar-refractivity contribution in [2.75, 3.05) is 0 Å². The first kappa shape index (κ1) is 12.0. The molecule has 0 atom stereocenters. The van der Waals surface area contributed by atoms with Crippen molar-refractivity contribution in [1.29, 1.82) is 0 Å². The second-order valence-corrected chi connectivity index (χ2v) is 4.44. The summed E-state index contributed by atoms with van der Waals surface area (Å²) in [5.41, 5.74) is -1.15. The molecule has 0 spiro atoms. The average Bonchev–Trinajstić information content (AvgIpc) is 2.00. The Hall–Kier alpha value is -1.06. The molecule has 0 bridgehead atoms. The highest BCUT2D eigenvalue weighted by Gasteiger charge is 2.34. The van der Waals surface area contributed by atoms with Gasteiger partial charge in [-0.05, 0) is 23.1 Å². The Morgan fingerprint density at radius 2 is 1.53 bits per heavy atom. The lowest BCUT2D eigenvalue weighted by Crippen LogP contribution is -2.15. The van der Waals surface area contributed by atoms with Crippen LogP contribution in [0.25, 0.3) is 0 Å². The van der Waals surface area contributed by atoms with Gasteiger partial charge in [0.1, 0.15) is 5.82 Å². The van der Waals surface area contributed by atoms with E-state index >= 15 is 0 Å². The van der Waals surface area contributed by atoms with Gasteiger partial charge in [-0.2, -0.15) is 13.2 Å². The maximum absolute atomic E-state index is 12.9. The molecule has 0 aromatic heterocycles. The van der Waals surface area contributed by atoms with E-state index in [9.17, 15) is 17.6 Å². The van der Waals surface area contributed by atoms with Crippen molar-refractivity contribution in [3.8, 4) is 0 Å². The molecule has 0 saturated carbocycles. The van der Waals surface area contributed by atoms with Gasteiger partial charge in [-0.3, -0.25) is 0 Å². The normalized spacial score (nSPS) is 13.0. The molecular weight excluding hydrogens is 208 g/mol. The number of rotatable bonds is 0. The van der Waals surface area contributed by atoms with E-state index in [1.807, 2.05) is 0 Å². The Balaban J connectivity index is 3.30. The van der Waals surface area contributed by atoms with Crippen LogP contribution in [0.5, 0.6) is 0 Å². The van der Waals surface area contributed by atoms with Crippen molar-refractivity contribution in [2.24, 2.45) is 0 Å². The molecular formula is C11H12F4. The van der Waals surface area contributed by atoms with Crippen LogP contribution in [0.4, 0.5) is 17.6 Å². The molecule has 0 aliphatic heterocycles. The highest BCUT2D eigenvalue weighted by molar-refractivity contribution is 5.31. The van der Waals surface area contributed by atoms with E-state index < -0.39 is 23.0 Å². The molecule has 1 aromatic rings. The van der Waals surface area contributed by atoms with E-state index in [0.29, 0.717) is 5.56 Å². The topological polar surface area (TPSA) is 0 Å². The molecule has 1 aromatic carbocycles. The van der Waals surface area contributed by atoms with Crippen LogP contribution in [0.15, 0.2) is 18.2 Å². The van der Waals surface area contributed by atoms with Crippen molar-refractivity contribution in [3.63, 3.8) is 0 Å². The molecule has 0 N–H and O–H groups in total. The van der Waals surface area contributed by atoms with E-state index in [0.717, 1.165) is 12.1 Å². The molecule has 15 heavy (non-hydrogen) atoms. The van der Waals surface area contributed by atoms with Crippen LogP contribution < -0.4 is 0 Å². The predicted molar refractivity (Wildman–Crippen MR) is 50.1 cm³/mol. The fourth-order valence-corrected chi connectivity index (χ4v) is 1.21. The first-order chi connectivity index (χ1) is 6.62. The molecule has 0 aliphatic rings. The minimum absolute atomic E-state index is 0.423. The summed E-state index contributed by atoms with van der Waals surface area (Å²) in [5, 5.41) is 0. The first-order valence-electron chi connectivity index (χ1n) is 4.49. The number of hydrogen-bond acceptors (Lipinski definition) is 0. The monoisotopic (exact) mass is 220 g/mol. The van der Waals surface area contributed by atoms with Crippen LogP contribution in [-0.4, -0.2) is 0 Å². The van der Waals surface area contributed by atoms with Gasteiger partial charge in [0, 0.05) is 0 Å². The van der Waals surface area contributed by atoms with E-state index in [-0.39, 0.29) is 0 Å². The van der Waals surface area contributed by atoms with E-state index in [1.165, 1.54) is 6.07 Å². The van der Waals surface area contributed by atoms with Gasteiger partial charge < -0.3 is 0 Å². The minimum Gasteiger partial charge on any atom is -0.206 e. The molecule has 1 rings (SSSR count). The summed E-state index contributed by atoms with van der Waals surface area (Å²) in [6.45, 7) is 5.33. The van der Waals surface area contributed by atoms with E-state index in [1.54, 1.807) is 20.8 Å². The second kappa shape index (κ2) is 3.51. The SMILES string of the molecule is CC(C)(C)c1ccc(F)c(C(F)(F)F)c1. The highest BCUT2D eigenvalue weighted by Crippen LogP contribution is 2.34. The third kappa shape index (κ3) is 2.70. The van der Waals surface area contributed by atoms with Crippen molar-refractivity contribution in [3.05, 3.63) is 35.1 Å². The molecule has 0 unspecified atom stereocenters. The lowest BCUT2D eigenvalue weighted by Gasteiger charge is -2.20. The minimum atomic E-state index is -4.63. The number of alkyl halides is 3. The standard InChI is InChI=1S/C11H12F4/c1-10(2,3)7-4-5-9(12)8(6-7)11(13,14)15/h4-6H,1-3H3. The fourth-order valence-electron chi connectivity index (χ4n) is 1.21. The molecule has 4 heteroatoms. The molecule has 0 heterocycles. The summed E-state index contributed by atoms with van der Waals surface area (Å²) in [7, 11) is 0. The zero-order chi connectivity index (χ0) is 11.9. The van der Waals surface area contributed by atoms with Gasteiger partial charge in [0.15, 0.2) is 0 Å². The highest BCUT2D eigenvalue weighted by atomic mass is 19.4. The van der Waals surface area contributed by atoms with Gasteiger partial charge in [-0.1, -0.05) is 26.8 Å². The molecule has 0 radical (unpaired) electrons. The second-order valence-electron chi connectivity index (χ2n) is 4.44. The zero-order valence-corrected chi connectivity index (χ0v) is 8.74. The lowest BCUT2D eigenvalue weighted by atomic mass is 9.86. The predicted octanol–water partition coefficient (Wildman–Crippen LogP) is 4.14. The summed E-state index contributed by atoms with van der Waals surface area (Å²) in [4.78, 5) is 0. The molecule has 0 saturated heterocycles. The zero-order valence-electron chi connectivity index (χ0n) is 8.74. The van der Waals surface area contributed by atoms with Gasteiger partial charge in [0.25, 0.3) is 0 Å². The average molecular weight is 220 g/mol.